The summed E-state index contributed by atoms with van der Waals surface area (Å²) in [6.07, 6.45) is 1.50. The fourth-order valence-corrected chi connectivity index (χ4v) is 3.62. The number of ketones is 1. The van der Waals surface area contributed by atoms with Gasteiger partial charge in [-0.3, -0.25) is 14.5 Å². The molecular weight excluding hydrogens is 354 g/mol. The fraction of sp³-hybridized carbons (Fsp3) is 0.217. The van der Waals surface area contributed by atoms with E-state index in [9.17, 15) is 14.7 Å². The summed E-state index contributed by atoms with van der Waals surface area (Å²) in [5.74, 6) is -0.986. The summed E-state index contributed by atoms with van der Waals surface area (Å²) in [5, 5.41) is 12.5. The second-order valence-corrected chi connectivity index (χ2v) is 7.93. The van der Waals surface area contributed by atoms with Crippen LogP contribution in [0.5, 0.6) is 0 Å². The molecule has 2 aromatic carbocycles. The molecule has 1 aliphatic rings. The number of aliphatic hydroxyl groups excluding tert-OH is 1. The zero-order valence-electron chi connectivity index (χ0n) is 16.0. The zero-order valence-corrected chi connectivity index (χ0v) is 16.0. The maximum absolute atomic E-state index is 13.1. The van der Waals surface area contributed by atoms with Gasteiger partial charge in [-0.15, -0.1) is 0 Å². The van der Waals surface area contributed by atoms with E-state index in [1.165, 1.54) is 11.2 Å². The molecule has 4 rings (SSSR count). The maximum atomic E-state index is 13.1. The van der Waals surface area contributed by atoms with Crippen LogP contribution in [0.1, 0.15) is 32.6 Å². The molecule has 3 aromatic rings. The molecule has 5 heteroatoms. The number of fused-ring (bicyclic) bond motifs is 1. The van der Waals surface area contributed by atoms with Crippen molar-refractivity contribution >= 4 is 28.2 Å². The molecule has 1 unspecified atom stereocenters. The Labute approximate surface area is 162 Å². The SMILES string of the molecule is CC(C)(C)C(=O)C1=C(O)C(=O)N(c2cccc3ccccc23)C1c1ccco1. The zero-order chi connectivity index (χ0) is 20.1. The number of carbonyl (C=O) groups excluding carboxylic acids is 2. The van der Waals surface area contributed by atoms with Crippen molar-refractivity contribution in [1.82, 2.24) is 0 Å². The van der Waals surface area contributed by atoms with E-state index in [4.69, 9.17) is 4.42 Å². The van der Waals surface area contributed by atoms with Crippen LogP contribution in [0.4, 0.5) is 5.69 Å². The lowest BCUT2D eigenvalue weighted by Gasteiger charge is -2.28. The highest BCUT2D eigenvalue weighted by atomic mass is 16.3. The van der Waals surface area contributed by atoms with Crippen LogP contribution >= 0.6 is 0 Å². The van der Waals surface area contributed by atoms with Gasteiger partial charge in [-0.2, -0.15) is 0 Å². The molecule has 142 valence electrons. The first-order valence-corrected chi connectivity index (χ1v) is 9.13. The minimum Gasteiger partial charge on any atom is -0.503 e. The number of anilines is 1. The molecule has 1 atom stereocenters. The van der Waals surface area contributed by atoms with Crippen molar-refractivity contribution in [3.8, 4) is 0 Å². The highest BCUT2D eigenvalue weighted by Crippen LogP contribution is 2.45. The van der Waals surface area contributed by atoms with Crippen LogP contribution in [0, 0.1) is 5.41 Å². The topological polar surface area (TPSA) is 70.8 Å². The Morgan fingerprint density at radius 1 is 1.04 bits per heavy atom. The second-order valence-electron chi connectivity index (χ2n) is 7.93. The highest BCUT2D eigenvalue weighted by Gasteiger charge is 2.48. The molecule has 28 heavy (non-hydrogen) atoms. The third-order valence-electron chi connectivity index (χ3n) is 4.97. The number of furan rings is 1. The van der Waals surface area contributed by atoms with E-state index in [1.54, 1.807) is 32.9 Å². The van der Waals surface area contributed by atoms with Crippen LogP contribution in [0.2, 0.25) is 0 Å². The third kappa shape index (κ3) is 2.71. The molecule has 0 saturated heterocycles. The molecule has 0 aliphatic carbocycles. The van der Waals surface area contributed by atoms with Crippen LogP contribution in [-0.4, -0.2) is 16.8 Å². The van der Waals surface area contributed by atoms with Crippen molar-refractivity contribution in [3.63, 3.8) is 0 Å². The van der Waals surface area contributed by atoms with E-state index in [0.717, 1.165) is 10.8 Å². The first-order chi connectivity index (χ1) is 13.3. The molecule has 0 spiro atoms. The van der Waals surface area contributed by atoms with Crippen molar-refractivity contribution in [2.75, 3.05) is 4.90 Å². The van der Waals surface area contributed by atoms with E-state index in [-0.39, 0.29) is 11.4 Å². The molecule has 0 bridgehead atoms. The van der Waals surface area contributed by atoms with Gasteiger partial charge in [0.15, 0.2) is 11.5 Å². The standard InChI is InChI=1S/C23H21NO4/c1-23(2,3)21(26)18-19(17-12-7-13-28-17)24(22(27)20(18)25)16-11-6-9-14-8-4-5-10-15(14)16/h4-13,19,25H,1-3H3. The first-order valence-electron chi connectivity index (χ1n) is 9.13. The molecule has 1 aromatic heterocycles. The van der Waals surface area contributed by atoms with Gasteiger partial charge in [-0.05, 0) is 23.6 Å². The van der Waals surface area contributed by atoms with Crippen molar-refractivity contribution in [3.05, 3.63) is 78.0 Å². The van der Waals surface area contributed by atoms with Gasteiger partial charge in [0.2, 0.25) is 0 Å². The average molecular weight is 375 g/mol. The van der Waals surface area contributed by atoms with Crippen molar-refractivity contribution in [1.29, 1.82) is 0 Å². The highest BCUT2D eigenvalue weighted by molar-refractivity contribution is 6.19. The number of benzene rings is 2. The van der Waals surface area contributed by atoms with E-state index in [0.29, 0.717) is 11.4 Å². The summed E-state index contributed by atoms with van der Waals surface area (Å²) in [6.45, 7) is 5.29. The Balaban J connectivity index is 1.95. The van der Waals surface area contributed by atoms with Gasteiger partial charge in [0, 0.05) is 10.8 Å². The maximum Gasteiger partial charge on any atom is 0.294 e. The van der Waals surface area contributed by atoms with Crippen molar-refractivity contribution < 1.29 is 19.1 Å². The number of hydrogen-bond donors (Lipinski definition) is 1. The van der Waals surface area contributed by atoms with Gasteiger partial charge in [0.25, 0.3) is 5.91 Å². The van der Waals surface area contributed by atoms with E-state index >= 15 is 0 Å². The number of Topliss-reactive ketones (excluding diaryl/α,β-unsaturated/α-hetero) is 1. The Kier molecular flexibility index (Phi) is 4.11. The number of aliphatic hydroxyl groups is 1. The summed E-state index contributed by atoms with van der Waals surface area (Å²) in [4.78, 5) is 27.7. The molecule has 2 heterocycles. The van der Waals surface area contributed by atoms with Gasteiger partial charge in [-0.25, -0.2) is 0 Å². The van der Waals surface area contributed by atoms with E-state index in [2.05, 4.69) is 0 Å². The summed E-state index contributed by atoms with van der Waals surface area (Å²) in [7, 11) is 0. The van der Waals surface area contributed by atoms with Gasteiger partial charge < -0.3 is 9.52 Å². The molecule has 1 N–H and O–H groups in total. The third-order valence-corrected chi connectivity index (χ3v) is 4.97. The number of hydrogen-bond acceptors (Lipinski definition) is 4. The molecule has 1 aliphatic heterocycles. The Bertz CT molecular complexity index is 1100. The summed E-state index contributed by atoms with van der Waals surface area (Å²) < 4.78 is 5.58. The second kappa shape index (κ2) is 6.37. The van der Waals surface area contributed by atoms with Gasteiger partial charge in [0.05, 0.1) is 17.5 Å². The van der Waals surface area contributed by atoms with E-state index in [1.807, 2.05) is 42.5 Å². The molecule has 0 saturated carbocycles. The van der Waals surface area contributed by atoms with Gasteiger partial charge in [0.1, 0.15) is 11.8 Å². The predicted octanol–water partition coefficient (Wildman–Crippen LogP) is 4.95. The average Bonchev–Trinajstić information content (AvgIpc) is 3.27. The van der Waals surface area contributed by atoms with Crippen LogP contribution in [0.3, 0.4) is 0 Å². The lowest BCUT2D eigenvalue weighted by atomic mass is 9.83. The quantitative estimate of drug-likeness (QED) is 0.703. The smallest absolute Gasteiger partial charge is 0.294 e. The summed E-state index contributed by atoms with van der Waals surface area (Å²) in [5.41, 5.74) is -0.0726. The Morgan fingerprint density at radius 2 is 1.75 bits per heavy atom. The van der Waals surface area contributed by atoms with Crippen LogP contribution in [0.15, 0.2) is 76.6 Å². The largest absolute Gasteiger partial charge is 0.503 e. The summed E-state index contributed by atoms with van der Waals surface area (Å²) >= 11 is 0. The molecule has 1 amide bonds. The molecule has 0 fully saturated rings. The molecule has 5 nitrogen and oxygen atoms in total. The fourth-order valence-electron chi connectivity index (χ4n) is 3.62. The molecule has 0 radical (unpaired) electrons. The van der Waals surface area contributed by atoms with Crippen LogP contribution in [-0.2, 0) is 9.59 Å². The van der Waals surface area contributed by atoms with Crippen molar-refractivity contribution in [2.24, 2.45) is 5.41 Å². The van der Waals surface area contributed by atoms with Crippen LogP contribution in [0.25, 0.3) is 10.8 Å². The first kappa shape index (κ1) is 18.0. The Hall–Kier alpha value is -3.34. The lowest BCUT2D eigenvalue weighted by Crippen LogP contribution is -2.32. The number of carbonyl (C=O) groups is 2. The number of amides is 1. The predicted molar refractivity (Wildman–Crippen MR) is 107 cm³/mol. The monoisotopic (exact) mass is 375 g/mol. The normalized spacial score (nSPS) is 17.6. The van der Waals surface area contributed by atoms with E-state index < -0.39 is 23.1 Å². The molecular formula is C23H21NO4. The lowest BCUT2D eigenvalue weighted by molar-refractivity contribution is -0.123. The number of nitrogens with zero attached hydrogens (tertiary/aromatic N) is 1. The van der Waals surface area contributed by atoms with Crippen molar-refractivity contribution in [2.45, 2.75) is 26.8 Å². The minimum atomic E-state index is -0.819. The van der Waals surface area contributed by atoms with Gasteiger partial charge >= 0.3 is 0 Å². The minimum absolute atomic E-state index is 0.0698. The van der Waals surface area contributed by atoms with Gasteiger partial charge in [-0.1, -0.05) is 57.2 Å². The summed E-state index contributed by atoms with van der Waals surface area (Å²) in [6, 6.07) is 15.9. The van der Waals surface area contributed by atoms with Crippen LogP contribution < -0.4 is 4.90 Å². The Morgan fingerprint density at radius 3 is 2.43 bits per heavy atom. The number of rotatable bonds is 3.